The molecule has 2 aliphatic heterocycles. The van der Waals surface area contributed by atoms with Crippen molar-refractivity contribution in [1.29, 1.82) is 5.26 Å². The van der Waals surface area contributed by atoms with Crippen LogP contribution in [0.1, 0.15) is 30.3 Å². The van der Waals surface area contributed by atoms with E-state index in [2.05, 4.69) is 21.7 Å². The zero-order valence-electron chi connectivity index (χ0n) is 16.8. The van der Waals surface area contributed by atoms with Crippen molar-refractivity contribution in [1.82, 2.24) is 15.2 Å². The normalized spacial score (nSPS) is 21.9. The van der Waals surface area contributed by atoms with E-state index in [1.54, 1.807) is 23.2 Å². The van der Waals surface area contributed by atoms with Gasteiger partial charge in [-0.2, -0.15) is 5.26 Å². The van der Waals surface area contributed by atoms with Crippen LogP contribution in [0.5, 0.6) is 0 Å². The number of hydrogen-bond donors (Lipinski definition) is 2. The van der Waals surface area contributed by atoms with Crippen molar-refractivity contribution in [2.45, 2.75) is 44.8 Å². The number of nitriles is 1. The largest absolute Gasteiger partial charge is 0.356 e. The van der Waals surface area contributed by atoms with Crippen LogP contribution >= 0.6 is 11.3 Å². The van der Waals surface area contributed by atoms with Crippen LogP contribution in [0.4, 0.5) is 5.13 Å². The lowest BCUT2D eigenvalue weighted by Gasteiger charge is -2.31. The number of ketones is 1. The zero-order chi connectivity index (χ0) is 20.3. The maximum atomic E-state index is 12.6. The minimum Gasteiger partial charge on any atom is -0.356 e. The Morgan fingerprint density at radius 2 is 2.25 bits per heavy atom. The van der Waals surface area contributed by atoms with Crippen molar-refractivity contribution in [3.63, 3.8) is 0 Å². The lowest BCUT2D eigenvalue weighted by Crippen LogP contribution is -2.51. The van der Waals surface area contributed by atoms with Gasteiger partial charge in [-0.15, -0.1) is 11.3 Å². The van der Waals surface area contributed by atoms with Crippen LogP contribution in [0, 0.1) is 11.3 Å². The molecule has 1 unspecified atom stereocenters. The first-order chi connectivity index (χ1) is 13.3. The Balaban J connectivity index is 1.49. The number of quaternary nitrogens is 1. The van der Waals surface area contributed by atoms with Gasteiger partial charge in [-0.05, 0) is 19.8 Å². The third kappa shape index (κ3) is 4.87. The average molecular weight is 406 g/mol. The van der Waals surface area contributed by atoms with Crippen molar-refractivity contribution < 1.29 is 14.1 Å². The number of fused-ring (bicyclic) bond motifs is 1. The second-order valence-corrected chi connectivity index (χ2v) is 9.34. The molecule has 3 heterocycles. The van der Waals surface area contributed by atoms with E-state index in [0.29, 0.717) is 37.1 Å². The summed E-state index contributed by atoms with van der Waals surface area (Å²) in [6, 6.07) is 1.84. The van der Waals surface area contributed by atoms with Gasteiger partial charge in [0.2, 0.25) is 0 Å². The fourth-order valence-corrected chi connectivity index (χ4v) is 4.69. The number of amides is 1. The molecule has 0 spiro atoms. The molecule has 0 bridgehead atoms. The van der Waals surface area contributed by atoms with Gasteiger partial charge < -0.3 is 20.0 Å². The first kappa shape index (κ1) is 20.7. The third-order valence-electron chi connectivity index (χ3n) is 5.45. The van der Waals surface area contributed by atoms with Gasteiger partial charge in [-0.25, -0.2) is 4.98 Å². The Morgan fingerprint density at radius 1 is 1.46 bits per heavy atom. The average Bonchev–Trinajstić information content (AvgIpc) is 3.26. The van der Waals surface area contributed by atoms with E-state index in [1.807, 2.05) is 14.1 Å². The van der Waals surface area contributed by atoms with Gasteiger partial charge in [0, 0.05) is 24.4 Å². The second kappa shape index (κ2) is 8.55. The first-order valence-corrected chi connectivity index (χ1v) is 10.6. The molecule has 28 heavy (non-hydrogen) atoms. The molecule has 3 rings (SSSR count). The number of hydrogen-bond acceptors (Lipinski definition) is 7. The minimum absolute atomic E-state index is 0.0557. The van der Waals surface area contributed by atoms with Crippen LogP contribution in [0.25, 0.3) is 0 Å². The number of nitrogens with one attached hydrogen (secondary N) is 2. The lowest BCUT2D eigenvalue weighted by molar-refractivity contribution is -0.881. The highest BCUT2D eigenvalue weighted by Crippen LogP contribution is 2.27. The van der Waals surface area contributed by atoms with Crippen LogP contribution in [0.2, 0.25) is 0 Å². The van der Waals surface area contributed by atoms with Crippen molar-refractivity contribution in [3.05, 3.63) is 10.6 Å². The molecule has 0 radical (unpaired) electrons. The quantitative estimate of drug-likeness (QED) is 0.650. The molecular weight excluding hydrogens is 376 g/mol. The molecule has 152 valence electrons. The molecule has 8 nitrogen and oxygen atoms in total. The molecule has 1 fully saturated rings. The number of aromatic nitrogens is 1. The van der Waals surface area contributed by atoms with Gasteiger partial charge in [-0.3, -0.25) is 9.59 Å². The smallest absolute Gasteiger partial charge is 0.278 e. The zero-order valence-corrected chi connectivity index (χ0v) is 17.6. The highest BCUT2D eigenvalue weighted by Gasteiger charge is 2.32. The Hall–Kier alpha value is -2.02. The van der Waals surface area contributed by atoms with Gasteiger partial charge in [0.05, 0.1) is 45.0 Å². The topological polar surface area (TPSA) is 98.1 Å². The molecule has 1 aromatic heterocycles. The van der Waals surface area contributed by atoms with Gasteiger partial charge in [0.15, 0.2) is 11.7 Å². The maximum absolute atomic E-state index is 12.6. The Kier molecular flexibility index (Phi) is 6.33. The SMILES string of the molecule is CC(=O)C1Cc2nc(NCC[N+](C)(C)CC(=O)N3CCC[C@H]3C#N)sc2CN1. The molecule has 1 aromatic rings. The Bertz CT molecular complexity index is 784. The van der Waals surface area contributed by atoms with Crippen LogP contribution in [-0.4, -0.2) is 78.4 Å². The monoisotopic (exact) mass is 405 g/mol. The Morgan fingerprint density at radius 3 is 2.96 bits per heavy atom. The third-order valence-corrected chi connectivity index (χ3v) is 6.51. The van der Waals surface area contributed by atoms with Crippen LogP contribution in [-0.2, 0) is 22.6 Å². The minimum atomic E-state index is -0.264. The van der Waals surface area contributed by atoms with E-state index >= 15 is 0 Å². The molecule has 1 amide bonds. The summed E-state index contributed by atoms with van der Waals surface area (Å²) in [5.74, 6) is 0.202. The summed E-state index contributed by atoms with van der Waals surface area (Å²) >= 11 is 1.62. The van der Waals surface area contributed by atoms with Crippen LogP contribution < -0.4 is 10.6 Å². The summed E-state index contributed by atoms with van der Waals surface area (Å²) < 4.78 is 0.555. The van der Waals surface area contributed by atoms with Crippen LogP contribution in [0.3, 0.4) is 0 Å². The number of Topliss-reactive ketones (excluding diaryl/α,β-unsaturated/α-hetero) is 1. The molecule has 0 saturated carbocycles. The summed E-state index contributed by atoms with van der Waals surface area (Å²) in [6.45, 7) is 4.85. The van der Waals surface area contributed by atoms with Gasteiger partial charge in [-0.1, -0.05) is 0 Å². The molecular formula is C19H29N6O2S+. The molecule has 1 saturated heterocycles. The molecule has 9 heteroatoms. The van der Waals surface area contributed by atoms with E-state index in [4.69, 9.17) is 0 Å². The number of anilines is 1. The van der Waals surface area contributed by atoms with Gasteiger partial charge in [0.1, 0.15) is 11.8 Å². The van der Waals surface area contributed by atoms with E-state index < -0.39 is 0 Å². The highest BCUT2D eigenvalue weighted by atomic mass is 32.1. The van der Waals surface area contributed by atoms with Gasteiger partial charge in [0.25, 0.3) is 5.91 Å². The number of likely N-dealkylation sites (N-methyl/N-ethyl adjacent to an activating group) is 1. The summed E-state index contributed by atoms with van der Waals surface area (Å²) in [5.41, 5.74) is 1.01. The van der Waals surface area contributed by atoms with Crippen molar-refractivity contribution in [2.75, 3.05) is 45.6 Å². The van der Waals surface area contributed by atoms with Crippen molar-refractivity contribution >= 4 is 28.2 Å². The molecule has 0 aromatic carbocycles. The highest BCUT2D eigenvalue weighted by molar-refractivity contribution is 7.15. The molecule has 2 atom stereocenters. The number of carbonyl (C=O) groups is 2. The fourth-order valence-electron chi connectivity index (χ4n) is 3.73. The summed E-state index contributed by atoms with van der Waals surface area (Å²) in [6.07, 6.45) is 2.34. The maximum Gasteiger partial charge on any atom is 0.278 e. The van der Waals surface area contributed by atoms with E-state index in [1.165, 1.54) is 4.88 Å². The fraction of sp³-hybridized carbons (Fsp3) is 0.684. The summed E-state index contributed by atoms with van der Waals surface area (Å²) in [7, 11) is 4.07. The number of thiazole rings is 1. The van der Waals surface area contributed by atoms with E-state index in [0.717, 1.165) is 30.2 Å². The Labute approximate surface area is 170 Å². The second-order valence-electron chi connectivity index (χ2n) is 8.26. The van der Waals surface area contributed by atoms with Gasteiger partial charge >= 0.3 is 0 Å². The van der Waals surface area contributed by atoms with Crippen molar-refractivity contribution in [2.24, 2.45) is 0 Å². The number of nitrogens with zero attached hydrogens (tertiary/aromatic N) is 4. The predicted molar refractivity (Wildman–Crippen MR) is 108 cm³/mol. The number of likely N-dealkylation sites (tertiary alicyclic amines) is 1. The van der Waals surface area contributed by atoms with E-state index in [-0.39, 0.29) is 23.8 Å². The molecule has 2 N–H and O–H groups in total. The van der Waals surface area contributed by atoms with E-state index in [9.17, 15) is 14.9 Å². The summed E-state index contributed by atoms with van der Waals surface area (Å²) in [5, 5.41) is 16.7. The summed E-state index contributed by atoms with van der Waals surface area (Å²) in [4.78, 5) is 31.7. The first-order valence-electron chi connectivity index (χ1n) is 9.76. The predicted octanol–water partition coefficient (Wildman–Crippen LogP) is 0.749. The molecule has 0 aliphatic carbocycles. The van der Waals surface area contributed by atoms with Crippen LogP contribution in [0.15, 0.2) is 0 Å². The number of rotatable bonds is 7. The molecule has 2 aliphatic rings. The van der Waals surface area contributed by atoms with Crippen molar-refractivity contribution in [3.8, 4) is 6.07 Å². The lowest BCUT2D eigenvalue weighted by atomic mass is 10.0. The number of carbonyl (C=O) groups excluding carboxylic acids is 2. The standard InChI is InChI=1S/C19H29N6O2S/c1-13(26)15-9-16-17(11-22-15)28-19(23-16)21-6-8-25(2,3)12-18(27)24-7-4-5-14(24)10-20/h14-15,22H,4-9,11-12H2,1-3H3,(H,21,23)/q+1/t14-,15?/m0/s1.